The quantitative estimate of drug-likeness (QED) is 0.234. The second kappa shape index (κ2) is 10.7. The van der Waals surface area contributed by atoms with Crippen LogP contribution in [0, 0.1) is 0 Å². The fraction of sp³-hybridized carbons (Fsp3) is 0.250. The summed E-state index contributed by atoms with van der Waals surface area (Å²) in [6.45, 7) is 4.23. The van der Waals surface area contributed by atoms with E-state index in [0.717, 1.165) is 66.9 Å². The van der Waals surface area contributed by atoms with Gasteiger partial charge in [0.1, 0.15) is 5.75 Å². The Balaban J connectivity index is 1.11. The van der Waals surface area contributed by atoms with Crippen molar-refractivity contribution < 1.29 is 9.53 Å². The topological polar surface area (TPSA) is 88.4 Å². The maximum atomic E-state index is 12.7. The lowest BCUT2D eigenvalue weighted by molar-refractivity contribution is 0.0733. The Labute approximate surface area is 238 Å². The number of anilines is 3. The second-order valence-electron chi connectivity index (χ2n) is 10.7. The molecule has 0 bridgehead atoms. The molecule has 0 saturated carbocycles. The molecule has 1 N–H and O–H groups in total. The van der Waals surface area contributed by atoms with Gasteiger partial charge in [-0.2, -0.15) is 10.1 Å². The predicted octanol–water partition coefficient (Wildman–Crippen LogP) is 5.08. The Morgan fingerprint density at radius 2 is 1.73 bits per heavy atom. The highest BCUT2D eigenvalue weighted by Gasteiger charge is 2.29. The average Bonchev–Trinajstić information content (AvgIpc) is 3.63. The summed E-state index contributed by atoms with van der Waals surface area (Å²) in [7, 11) is 2.17. The fourth-order valence-electron chi connectivity index (χ4n) is 5.76. The van der Waals surface area contributed by atoms with E-state index in [1.807, 2.05) is 35.0 Å². The molecule has 1 saturated heterocycles. The highest BCUT2D eigenvalue weighted by atomic mass is 16.5. The van der Waals surface area contributed by atoms with Crippen LogP contribution in [0.25, 0.3) is 11.0 Å². The van der Waals surface area contributed by atoms with Gasteiger partial charge in [0.05, 0.1) is 23.2 Å². The number of hydrogen-bond acceptors (Lipinski definition) is 8. The van der Waals surface area contributed by atoms with Crippen molar-refractivity contribution in [1.29, 1.82) is 0 Å². The maximum Gasteiger partial charge on any atom is 0.343 e. The van der Waals surface area contributed by atoms with Crippen molar-refractivity contribution in [3.8, 4) is 5.75 Å². The van der Waals surface area contributed by atoms with E-state index < -0.39 is 0 Å². The number of ether oxygens (including phenoxy) is 1. The van der Waals surface area contributed by atoms with Crippen molar-refractivity contribution in [3.63, 3.8) is 0 Å². The summed E-state index contributed by atoms with van der Waals surface area (Å²) < 4.78 is 7.79. The number of carbonyl (C=O) groups excluding carboxylic acids is 1. The van der Waals surface area contributed by atoms with Gasteiger partial charge in [-0.1, -0.05) is 30.3 Å². The van der Waals surface area contributed by atoms with Crippen LogP contribution in [0.3, 0.4) is 0 Å². The Hall–Kier alpha value is -4.76. The van der Waals surface area contributed by atoms with Gasteiger partial charge in [0.2, 0.25) is 5.95 Å². The molecule has 1 aliphatic heterocycles. The molecule has 2 aliphatic rings. The van der Waals surface area contributed by atoms with E-state index >= 15 is 0 Å². The average molecular weight is 546 g/mol. The number of nitrogens with zero attached hydrogens (tertiary/aromatic N) is 6. The molecule has 1 atom stereocenters. The first kappa shape index (κ1) is 25.2. The lowest BCUT2D eigenvalue weighted by atomic mass is 10.1. The van der Waals surface area contributed by atoms with Crippen molar-refractivity contribution >= 4 is 34.3 Å². The standard InChI is InChI=1S/C32H31N7O2/c1-37-16-18-38(19-17-37)25-12-10-24(11-13-25)35-32-33-20-23-21-34-39(30(23)36-32)28-15-14-27-26(28)8-5-9-29(27)41-31(40)22-6-3-2-4-7-22/h2-13,20-21,28H,14-19H2,1H3,(H,33,35,36). The van der Waals surface area contributed by atoms with Crippen LogP contribution in [0.5, 0.6) is 5.75 Å². The highest BCUT2D eigenvalue weighted by molar-refractivity contribution is 5.91. The number of esters is 1. The Morgan fingerprint density at radius 1 is 0.927 bits per heavy atom. The molecule has 7 rings (SSSR count). The number of rotatable bonds is 6. The first-order valence-electron chi connectivity index (χ1n) is 14.0. The zero-order valence-corrected chi connectivity index (χ0v) is 22.9. The number of hydrogen-bond donors (Lipinski definition) is 1. The summed E-state index contributed by atoms with van der Waals surface area (Å²) in [6.07, 6.45) is 5.24. The molecule has 9 heteroatoms. The molecule has 3 heterocycles. The first-order valence-corrected chi connectivity index (χ1v) is 14.0. The van der Waals surface area contributed by atoms with E-state index in [1.54, 1.807) is 24.5 Å². The molecule has 1 unspecified atom stereocenters. The summed E-state index contributed by atoms with van der Waals surface area (Å²) >= 11 is 0. The van der Waals surface area contributed by atoms with Gasteiger partial charge in [-0.25, -0.2) is 14.5 Å². The third-order valence-corrected chi connectivity index (χ3v) is 8.03. The van der Waals surface area contributed by atoms with Crippen molar-refractivity contribution in [2.24, 2.45) is 0 Å². The Kier molecular flexibility index (Phi) is 6.56. The van der Waals surface area contributed by atoms with Crippen molar-refractivity contribution in [1.82, 2.24) is 24.6 Å². The van der Waals surface area contributed by atoms with Gasteiger partial charge in [-0.15, -0.1) is 0 Å². The molecular weight excluding hydrogens is 514 g/mol. The van der Waals surface area contributed by atoms with Gasteiger partial charge < -0.3 is 19.9 Å². The lowest BCUT2D eigenvalue weighted by Gasteiger charge is -2.34. The second-order valence-corrected chi connectivity index (χ2v) is 10.7. The van der Waals surface area contributed by atoms with Crippen LogP contribution in [-0.4, -0.2) is 63.8 Å². The van der Waals surface area contributed by atoms with E-state index in [4.69, 9.17) is 14.8 Å². The molecule has 2 aromatic heterocycles. The third kappa shape index (κ3) is 5.00. The van der Waals surface area contributed by atoms with Crippen LogP contribution in [0.15, 0.2) is 85.2 Å². The third-order valence-electron chi connectivity index (χ3n) is 8.03. The van der Waals surface area contributed by atoms with Crippen molar-refractivity contribution in [3.05, 3.63) is 102 Å². The van der Waals surface area contributed by atoms with Gasteiger partial charge >= 0.3 is 5.97 Å². The summed E-state index contributed by atoms with van der Waals surface area (Å²) in [5.41, 5.74) is 5.60. The molecular formula is C32H31N7O2. The minimum atomic E-state index is -0.355. The molecule has 41 heavy (non-hydrogen) atoms. The molecule has 9 nitrogen and oxygen atoms in total. The highest BCUT2D eigenvalue weighted by Crippen LogP contribution is 2.40. The van der Waals surface area contributed by atoms with Crippen LogP contribution >= 0.6 is 0 Å². The largest absolute Gasteiger partial charge is 0.423 e. The summed E-state index contributed by atoms with van der Waals surface area (Å²) in [5, 5.41) is 8.94. The predicted molar refractivity (Wildman–Crippen MR) is 159 cm³/mol. The van der Waals surface area contributed by atoms with Crippen LogP contribution in [0.4, 0.5) is 17.3 Å². The van der Waals surface area contributed by atoms with Crippen LogP contribution in [0.1, 0.15) is 33.9 Å². The van der Waals surface area contributed by atoms with Crippen LogP contribution < -0.4 is 15.0 Å². The molecule has 0 amide bonds. The van der Waals surface area contributed by atoms with Gasteiger partial charge in [-0.3, -0.25) is 0 Å². The molecule has 206 valence electrons. The van der Waals surface area contributed by atoms with E-state index in [0.29, 0.717) is 17.3 Å². The molecule has 0 spiro atoms. The summed E-state index contributed by atoms with van der Waals surface area (Å²) in [6, 6.07) is 23.4. The van der Waals surface area contributed by atoms with E-state index in [2.05, 4.69) is 57.5 Å². The smallest absolute Gasteiger partial charge is 0.343 e. The van der Waals surface area contributed by atoms with Crippen LogP contribution in [0.2, 0.25) is 0 Å². The normalized spacial score (nSPS) is 17.0. The monoisotopic (exact) mass is 545 g/mol. The molecule has 1 fully saturated rings. The fourth-order valence-corrected chi connectivity index (χ4v) is 5.76. The number of aromatic nitrogens is 4. The number of nitrogens with one attached hydrogen (secondary N) is 1. The van der Waals surface area contributed by atoms with Gasteiger partial charge in [-0.05, 0) is 67.9 Å². The summed E-state index contributed by atoms with van der Waals surface area (Å²) in [5.74, 6) is 0.773. The van der Waals surface area contributed by atoms with Gasteiger partial charge in [0.15, 0.2) is 5.65 Å². The number of carbonyl (C=O) groups is 1. The molecule has 5 aromatic rings. The van der Waals surface area contributed by atoms with E-state index in [-0.39, 0.29) is 12.0 Å². The number of piperazine rings is 1. The first-order chi connectivity index (χ1) is 20.1. The maximum absolute atomic E-state index is 12.7. The number of likely N-dealkylation sites (N-methyl/N-ethyl adjacent to an activating group) is 1. The zero-order chi connectivity index (χ0) is 27.8. The number of benzene rings is 3. The molecule has 1 aliphatic carbocycles. The van der Waals surface area contributed by atoms with Gasteiger partial charge in [0.25, 0.3) is 0 Å². The number of fused-ring (bicyclic) bond motifs is 2. The zero-order valence-electron chi connectivity index (χ0n) is 22.9. The van der Waals surface area contributed by atoms with Crippen molar-refractivity contribution in [2.75, 3.05) is 43.4 Å². The van der Waals surface area contributed by atoms with E-state index in [9.17, 15) is 4.79 Å². The molecule has 0 radical (unpaired) electrons. The van der Waals surface area contributed by atoms with Crippen molar-refractivity contribution in [2.45, 2.75) is 18.9 Å². The summed E-state index contributed by atoms with van der Waals surface area (Å²) in [4.78, 5) is 26.9. The minimum absolute atomic E-state index is 0.0106. The molecule has 3 aromatic carbocycles. The van der Waals surface area contributed by atoms with E-state index in [1.165, 1.54) is 5.69 Å². The SMILES string of the molecule is CN1CCN(c2ccc(Nc3ncc4cnn(C5CCc6c(OC(=O)c7ccccc7)cccc65)c4n3)cc2)CC1. The lowest BCUT2D eigenvalue weighted by Crippen LogP contribution is -2.44. The van der Waals surface area contributed by atoms with Crippen LogP contribution in [-0.2, 0) is 6.42 Å². The Morgan fingerprint density at radius 3 is 2.54 bits per heavy atom. The van der Waals surface area contributed by atoms with Gasteiger partial charge in [0, 0.05) is 49.3 Å². The Bertz CT molecular complexity index is 1690. The minimum Gasteiger partial charge on any atom is -0.423 e.